The number of nitro benzene ring substituents is 1. The van der Waals surface area contributed by atoms with Crippen molar-refractivity contribution in [3.05, 3.63) is 33.9 Å². The van der Waals surface area contributed by atoms with Gasteiger partial charge in [0.1, 0.15) is 11.3 Å². The van der Waals surface area contributed by atoms with Gasteiger partial charge >= 0.3 is 0 Å². The van der Waals surface area contributed by atoms with E-state index >= 15 is 0 Å². The highest BCUT2D eigenvalue weighted by molar-refractivity contribution is 5.98. The molecule has 0 saturated heterocycles. The number of hydrogen-bond acceptors (Lipinski definition) is 4. The van der Waals surface area contributed by atoms with Gasteiger partial charge in [0.15, 0.2) is 0 Å². The quantitative estimate of drug-likeness (QED) is 0.632. The summed E-state index contributed by atoms with van der Waals surface area (Å²) in [6.45, 7) is 4.02. The number of rotatable bonds is 3. The number of benzene rings is 1. The lowest BCUT2D eigenvalue weighted by atomic mass is 10.1. The van der Waals surface area contributed by atoms with Gasteiger partial charge in [-0.15, -0.1) is 0 Å². The summed E-state index contributed by atoms with van der Waals surface area (Å²) in [6, 6.07) is 3.47. The number of aromatic hydroxyl groups is 1. The van der Waals surface area contributed by atoms with Crippen molar-refractivity contribution in [2.45, 2.75) is 26.3 Å². The smallest absolute Gasteiger partial charge is 0.282 e. The third-order valence-corrected chi connectivity index (χ3v) is 3.24. The van der Waals surface area contributed by atoms with E-state index in [4.69, 9.17) is 0 Å². The zero-order chi connectivity index (χ0) is 13.5. The van der Waals surface area contributed by atoms with Crippen LogP contribution in [-0.4, -0.2) is 22.0 Å². The number of phenols is 1. The van der Waals surface area contributed by atoms with Crippen molar-refractivity contribution in [3.8, 4) is 5.75 Å². The van der Waals surface area contributed by atoms with Gasteiger partial charge in [-0.25, -0.2) is 0 Å². The van der Waals surface area contributed by atoms with Crippen LogP contribution in [0.1, 0.15) is 30.6 Å². The van der Waals surface area contributed by atoms with Crippen LogP contribution >= 0.6 is 0 Å². The van der Waals surface area contributed by atoms with E-state index in [1.165, 1.54) is 6.07 Å². The van der Waals surface area contributed by atoms with Crippen LogP contribution in [0.5, 0.6) is 5.75 Å². The predicted octanol–water partition coefficient (Wildman–Crippen LogP) is 1.83. The van der Waals surface area contributed by atoms with Crippen molar-refractivity contribution in [1.82, 2.24) is 5.32 Å². The van der Waals surface area contributed by atoms with Gasteiger partial charge in [-0.3, -0.25) is 14.9 Å². The molecule has 0 spiro atoms. The van der Waals surface area contributed by atoms with Crippen LogP contribution in [0.15, 0.2) is 18.2 Å². The number of carbonyl (C=O) groups excluding carboxylic acids is 1. The van der Waals surface area contributed by atoms with Crippen molar-refractivity contribution in [2.75, 3.05) is 0 Å². The van der Waals surface area contributed by atoms with Gasteiger partial charge in [0, 0.05) is 12.1 Å². The van der Waals surface area contributed by atoms with Gasteiger partial charge in [-0.05, 0) is 24.0 Å². The Balaban J connectivity index is 2.24. The summed E-state index contributed by atoms with van der Waals surface area (Å²) in [4.78, 5) is 22.1. The number of carbonyl (C=O) groups is 1. The zero-order valence-corrected chi connectivity index (χ0v) is 10.1. The zero-order valence-electron chi connectivity index (χ0n) is 10.1. The van der Waals surface area contributed by atoms with Crippen LogP contribution in [0.3, 0.4) is 0 Å². The van der Waals surface area contributed by atoms with Crippen LogP contribution in [-0.2, 0) is 0 Å². The van der Waals surface area contributed by atoms with Crippen molar-refractivity contribution < 1.29 is 14.8 Å². The molecule has 1 amide bonds. The molecule has 0 radical (unpaired) electrons. The molecule has 1 fully saturated rings. The molecule has 1 aliphatic rings. The molecule has 1 saturated carbocycles. The van der Waals surface area contributed by atoms with Crippen LogP contribution in [0.4, 0.5) is 5.69 Å². The summed E-state index contributed by atoms with van der Waals surface area (Å²) in [5.41, 5.74) is -0.368. The highest BCUT2D eigenvalue weighted by Gasteiger charge is 2.47. The lowest BCUT2D eigenvalue weighted by Crippen LogP contribution is -2.28. The number of nitro groups is 1. The molecule has 1 unspecified atom stereocenters. The molecule has 2 rings (SSSR count). The second kappa shape index (κ2) is 3.97. The minimum absolute atomic E-state index is 0.0342. The van der Waals surface area contributed by atoms with Crippen LogP contribution in [0, 0.1) is 15.5 Å². The average molecular weight is 250 g/mol. The van der Waals surface area contributed by atoms with E-state index in [2.05, 4.69) is 5.32 Å². The van der Waals surface area contributed by atoms with Gasteiger partial charge in [-0.1, -0.05) is 13.8 Å². The first kappa shape index (κ1) is 12.3. The molecule has 1 atom stereocenters. The Morgan fingerprint density at radius 1 is 1.56 bits per heavy atom. The van der Waals surface area contributed by atoms with E-state index in [1.54, 1.807) is 0 Å². The molecule has 18 heavy (non-hydrogen) atoms. The summed E-state index contributed by atoms with van der Waals surface area (Å²) in [7, 11) is 0. The molecule has 0 bridgehead atoms. The minimum atomic E-state index is -0.633. The number of hydrogen-bond donors (Lipinski definition) is 2. The summed E-state index contributed by atoms with van der Waals surface area (Å²) in [6.07, 6.45) is 0.853. The Labute approximate surface area is 104 Å². The SMILES string of the molecule is CC1(C)CC1NC(=O)c1cc(O)ccc1[N+](=O)[O-]. The Hall–Kier alpha value is -2.11. The number of nitrogens with zero attached hydrogens (tertiary/aromatic N) is 1. The molecule has 1 aromatic carbocycles. The predicted molar refractivity (Wildman–Crippen MR) is 64.4 cm³/mol. The highest BCUT2D eigenvalue weighted by atomic mass is 16.6. The van der Waals surface area contributed by atoms with E-state index in [1.807, 2.05) is 13.8 Å². The summed E-state index contributed by atoms with van der Waals surface area (Å²) in [5.74, 6) is -0.686. The van der Waals surface area contributed by atoms with Gasteiger partial charge in [0.2, 0.25) is 0 Å². The second-order valence-corrected chi connectivity index (χ2v) is 5.18. The first-order valence-corrected chi connectivity index (χ1v) is 5.59. The maximum atomic E-state index is 11.9. The lowest BCUT2D eigenvalue weighted by molar-refractivity contribution is -0.385. The Morgan fingerprint density at radius 3 is 2.67 bits per heavy atom. The van der Waals surface area contributed by atoms with Gasteiger partial charge in [0.25, 0.3) is 11.6 Å². The van der Waals surface area contributed by atoms with Gasteiger partial charge in [-0.2, -0.15) is 0 Å². The molecule has 1 aliphatic carbocycles. The summed E-state index contributed by atoms with van der Waals surface area (Å²) >= 11 is 0. The third-order valence-electron chi connectivity index (χ3n) is 3.24. The van der Waals surface area contributed by atoms with Crippen LogP contribution < -0.4 is 5.32 Å². The van der Waals surface area contributed by atoms with Crippen molar-refractivity contribution >= 4 is 11.6 Å². The van der Waals surface area contributed by atoms with E-state index in [-0.39, 0.29) is 28.5 Å². The highest BCUT2D eigenvalue weighted by Crippen LogP contribution is 2.44. The molecule has 2 N–H and O–H groups in total. The normalized spacial score (nSPS) is 20.2. The van der Waals surface area contributed by atoms with Crippen LogP contribution in [0.2, 0.25) is 0 Å². The molecular weight excluding hydrogens is 236 g/mol. The molecular formula is C12H14N2O4. The second-order valence-electron chi connectivity index (χ2n) is 5.18. The van der Waals surface area contributed by atoms with Crippen LogP contribution in [0.25, 0.3) is 0 Å². The van der Waals surface area contributed by atoms with Crippen molar-refractivity contribution in [2.24, 2.45) is 5.41 Å². The molecule has 0 heterocycles. The average Bonchev–Trinajstić information content (AvgIpc) is 2.85. The standard InChI is InChI=1S/C12H14N2O4/c1-12(2)6-10(12)13-11(16)8-5-7(15)3-4-9(8)14(17)18/h3-5,10,15H,6H2,1-2H3,(H,13,16). The van der Waals surface area contributed by atoms with Gasteiger partial charge < -0.3 is 10.4 Å². The first-order chi connectivity index (χ1) is 8.31. The van der Waals surface area contributed by atoms with Gasteiger partial charge in [0.05, 0.1) is 4.92 Å². The molecule has 0 aromatic heterocycles. The summed E-state index contributed by atoms with van der Waals surface area (Å²) in [5, 5.41) is 22.9. The number of nitrogens with one attached hydrogen (secondary N) is 1. The number of phenolic OH excluding ortho intramolecular Hbond substituents is 1. The Kier molecular flexibility index (Phi) is 2.73. The fourth-order valence-electron chi connectivity index (χ4n) is 1.81. The minimum Gasteiger partial charge on any atom is -0.508 e. The molecule has 0 aliphatic heterocycles. The largest absolute Gasteiger partial charge is 0.508 e. The van der Waals surface area contributed by atoms with Crippen molar-refractivity contribution in [3.63, 3.8) is 0 Å². The summed E-state index contributed by atoms with van der Waals surface area (Å²) < 4.78 is 0. The molecule has 6 nitrogen and oxygen atoms in total. The molecule has 6 heteroatoms. The fourth-order valence-corrected chi connectivity index (χ4v) is 1.81. The number of amides is 1. The first-order valence-electron chi connectivity index (χ1n) is 5.59. The van der Waals surface area contributed by atoms with E-state index < -0.39 is 10.8 Å². The van der Waals surface area contributed by atoms with Crippen molar-refractivity contribution in [1.29, 1.82) is 0 Å². The Morgan fingerprint density at radius 2 is 2.17 bits per heavy atom. The lowest BCUT2D eigenvalue weighted by Gasteiger charge is -2.07. The third kappa shape index (κ3) is 2.27. The fraction of sp³-hybridized carbons (Fsp3) is 0.417. The van der Waals surface area contributed by atoms with E-state index in [0.717, 1.165) is 18.6 Å². The molecule has 96 valence electrons. The maximum Gasteiger partial charge on any atom is 0.282 e. The van der Waals surface area contributed by atoms with E-state index in [0.29, 0.717) is 0 Å². The maximum absolute atomic E-state index is 11.9. The van der Waals surface area contributed by atoms with E-state index in [9.17, 15) is 20.0 Å². The Bertz CT molecular complexity index is 525. The topological polar surface area (TPSA) is 92.5 Å². The monoisotopic (exact) mass is 250 g/mol. The molecule has 1 aromatic rings.